The fraction of sp³-hybridized carbons (Fsp3) is 0.316. The molecule has 1 fully saturated rings. The van der Waals surface area contributed by atoms with Gasteiger partial charge < -0.3 is 4.90 Å². The Bertz CT molecular complexity index is 1040. The first-order valence-corrected chi connectivity index (χ1v) is 9.08. The number of fused-ring (bicyclic) bond motifs is 1. The summed E-state index contributed by atoms with van der Waals surface area (Å²) in [5.41, 5.74) is 2.62. The maximum absolute atomic E-state index is 13.2. The molecule has 0 aromatic carbocycles. The van der Waals surface area contributed by atoms with Crippen LogP contribution in [0.4, 0.5) is 0 Å². The number of carbonyl (C=O) groups is 1. The van der Waals surface area contributed by atoms with Crippen molar-refractivity contribution in [2.45, 2.75) is 12.8 Å². The normalized spacial score (nSPS) is 15.1. The van der Waals surface area contributed by atoms with Crippen LogP contribution < -0.4 is 0 Å². The smallest absolute Gasteiger partial charge is 0.254 e. The van der Waals surface area contributed by atoms with E-state index in [4.69, 9.17) is 16.9 Å². The summed E-state index contributed by atoms with van der Waals surface area (Å²) in [5, 5.41) is 14.5. The van der Waals surface area contributed by atoms with E-state index >= 15 is 0 Å². The fourth-order valence-electron chi connectivity index (χ4n) is 3.35. The largest absolute Gasteiger partial charge is 0.339 e. The average Bonchev–Trinajstić information content (AvgIpc) is 3.08. The van der Waals surface area contributed by atoms with E-state index in [2.05, 4.69) is 21.1 Å². The number of hydrogen-bond acceptors (Lipinski definition) is 5. The van der Waals surface area contributed by atoms with Crippen LogP contribution >= 0.6 is 11.6 Å². The van der Waals surface area contributed by atoms with Crippen molar-refractivity contribution in [1.29, 1.82) is 5.26 Å². The van der Waals surface area contributed by atoms with E-state index in [1.54, 1.807) is 41.2 Å². The lowest BCUT2D eigenvalue weighted by atomic mass is 9.97. The minimum atomic E-state index is -0.0602. The summed E-state index contributed by atoms with van der Waals surface area (Å²) in [6.07, 6.45) is 4.72. The predicted molar refractivity (Wildman–Crippen MR) is 101 cm³/mol. The van der Waals surface area contributed by atoms with Crippen molar-refractivity contribution in [1.82, 2.24) is 24.6 Å². The second-order valence-electron chi connectivity index (χ2n) is 6.63. The Balaban J connectivity index is 1.76. The molecule has 1 aliphatic rings. The second kappa shape index (κ2) is 6.97. The van der Waals surface area contributed by atoms with E-state index in [0.717, 1.165) is 10.9 Å². The van der Waals surface area contributed by atoms with Gasteiger partial charge in [0.15, 0.2) is 5.65 Å². The Morgan fingerprint density at radius 3 is 2.74 bits per heavy atom. The van der Waals surface area contributed by atoms with E-state index in [9.17, 15) is 4.79 Å². The Morgan fingerprint density at radius 1 is 1.30 bits per heavy atom. The van der Waals surface area contributed by atoms with Gasteiger partial charge in [-0.25, -0.2) is 9.97 Å². The number of rotatable bonds is 2. The molecule has 0 spiro atoms. The van der Waals surface area contributed by atoms with E-state index in [1.807, 2.05) is 6.07 Å². The zero-order chi connectivity index (χ0) is 19.0. The van der Waals surface area contributed by atoms with Crippen molar-refractivity contribution in [2.75, 3.05) is 13.1 Å². The minimum absolute atomic E-state index is 0.0283. The molecule has 7 nitrogen and oxygen atoms in total. The quantitative estimate of drug-likeness (QED) is 0.637. The first kappa shape index (κ1) is 17.4. The van der Waals surface area contributed by atoms with Gasteiger partial charge in [0.1, 0.15) is 5.15 Å². The van der Waals surface area contributed by atoms with Gasteiger partial charge in [0.2, 0.25) is 0 Å². The Labute approximate surface area is 161 Å². The van der Waals surface area contributed by atoms with Gasteiger partial charge in [-0.3, -0.25) is 9.48 Å². The van der Waals surface area contributed by atoms with Crippen LogP contribution in [-0.2, 0) is 7.05 Å². The van der Waals surface area contributed by atoms with Crippen molar-refractivity contribution in [3.63, 3.8) is 0 Å². The highest BCUT2D eigenvalue weighted by molar-refractivity contribution is 6.29. The van der Waals surface area contributed by atoms with Crippen LogP contribution in [0, 0.1) is 17.2 Å². The molecule has 0 saturated carbocycles. The summed E-state index contributed by atoms with van der Waals surface area (Å²) in [6.45, 7) is 1.16. The van der Waals surface area contributed by atoms with Gasteiger partial charge in [-0.1, -0.05) is 11.6 Å². The second-order valence-corrected chi connectivity index (χ2v) is 7.01. The van der Waals surface area contributed by atoms with Crippen LogP contribution in [0.3, 0.4) is 0 Å². The molecular formula is C19H17ClN6O. The Kier molecular flexibility index (Phi) is 4.50. The number of hydrogen-bond donors (Lipinski definition) is 0. The zero-order valence-electron chi connectivity index (χ0n) is 14.8. The zero-order valence-corrected chi connectivity index (χ0v) is 15.5. The summed E-state index contributed by atoms with van der Waals surface area (Å²) in [7, 11) is 1.80. The van der Waals surface area contributed by atoms with Crippen molar-refractivity contribution >= 4 is 28.5 Å². The molecule has 0 aliphatic carbocycles. The number of piperidine rings is 1. The summed E-state index contributed by atoms with van der Waals surface area (Å²) in [5.74, 6) is -0.0319. The SMILES string of the molecule is Cn1ncc2c(C(=O)N3CCC(C#N)CC3)cc(-c3ccc(Cl)nc3)nc21. The van der Waals surface area contributed by atoms with E-state index < -0.39 is 0 Å². The number of halogens is 1. The summed E-state index contributed by atoms with van der Waals surface area (Å²) in [4.78, 5) is 23.8. The standard InChI is InChI=1S/C19H17ClN6O/c1-25-18-15(11-23-25)14(19(27)26-6-4-12(9-21)5-7-26)8-16(24-18)13-2-3-17(20)22-10-13/h2-3,8,10-12H,4-7H2,1H3. The number of nitriles is 1. The molecule has 3 aromatic rings. The molecule has 4 heterocycles. The molecule has 0 radical (unpaired) electrons. The molecule has 8 heteroatoms. The van der Waals surface area contributed by atoms with Gasteiger partial charge in [-0.15, -0.1) is 0 Å². The molecule has 27 heavy (non-hydrogen) atoms. The molecular weight excluding hydrogens is 364 g/mol. The van der Waals surface area contributed by atoms with Crippen LogP contribution in [0.15, 0.2) is 30.6 Å². The summed E-state index contributed by atoms with van der Waals surface area (Å²) >= 11 is 5.88. The molecule has 4 rings (SSSR count). The van der Waals surface area contributed by atoms with E-state index in [0.29, 0.717) is 48.0 Å². The van der Waals surface area contributed by atoms with Gasteiger partial charge in [0.25, 0.3) is 5.91 Å². The van der Waals surface area contributed by atoms with Gasteiger partial charge in [0, 0.05) is 37.8 Å². The number of carbonyl (C=O) groups excluding carboxylic acids is 1. The topological polar surface area (TPSA) is 87.7 Å². The highest BCUT2D eigenvalue weighted by Crippen LogP contribution is 2.27. The maximum Gasteiger partial charge on any atom is 0.254 e. The number of nitrogens with zero attached hydrogens (tertiary/aromatic N) is 6. The monoisotopic (exact) mass is 380 g/mol. The highest BCUT2D eigenvalue weighted by Gasteiger charge is 2.26. The Morgan fingerprint density at radius 2 is 2.07 bits per heavy atom. The lowest BCUT2D eigenvalue weighted by molar-refractivity contribution is 0.0709. The minimum Gasteiger partial charge on any atom is -0.339 e. The van der Waals surface area contributed by atoms with E-state index in [1.165, 1.54) is 0 Å². The van der Waals surface area contributed by atoms with Crippen LogP contribution in [0.25, 0.3) is 22.3 Å². The van der Waals surface area contributed by atoms with Crippen molar-refractivity contribution < 1.29 is 4.79 Å². The Hall–Kier alpha value is -2.98. The molecule has 1 saturated heterocycles. The third-order valence-corrected chi connectivity index (χ3v) is 5.15. The van der Waals surface area contributed by atoms with Gasteiger partial charge in [0.05, 0.1) is 28.9 Å². The molecule has 1 amide bonds. The van der Waals surface area contributed by atoms with Crippen LogP contribution in [0.2, 0.25) is 5.15 Å². The van der Waals surface area contributed by atoms with Crippen LogP contribution in [-0.4, -0.2) is 43.6 Å². The van der Waals surface area contributed by atoms with Crippen LogP contribution in [0.5, 0.6) is 0 Å². The molecule has 136 valence electrons. The highest BCUT2D eigenvalue weighted by atomic mass is 35.5. The van der Waals surface area contributed by atoms with Gasteiger partial charge in [-0.05, 0) is 31.0 Å². The third-order valence-electron chi connectivity index (χ3n) is 4.92. The average molecular weight is 381 g/mol. The number of likely N-dealkylation sites (tertiary alicyclic amines) is 1. The van der Waals surface area contributed by atoms with E-state index in [-0.39, 0.29) is 11.8 Å². The first-order chi connectivity index (χ1) is 13.1. The molecule has 3 aromatic heterocycles. The predicted octanol–water partition coefficient (Wildman–Crippen LogP) is 3.06. The van der Waals surface area contributed by atoms with Crippen LogP contribution in [0.1, 0.15) is 23.2 Å². The number of aryl methyl sites for hydroxylation is 1. The molecule has 0 N–H and O–H groups in total. The summed E-state index contributed by atoms with van der Waals surface area (Å²) in [6, 6.07) is 7.60. The number of amides is 1. The summed E-state index contributed by atoms with van der Waals surface area (Å²) < 4.78 is 1.65. The molecule has 0 bridgehead atoms. The van der Waals surface area contributed by atoms with Gasteiger partial charge >= 0.3 is 0 Å². The van der Waals surface area contributed by atoms with Crippen molar-refractivity contribution in [3.8, 4) is 17.3 Å². The lowest BCUT2D eigenvalue weighted by Gasteiger charge is -2.29. The lowest BCUT2D eigenvalue weighted by Crippen LogP contribution is -2.38. The molecule has 1 aliphatic heterocycles. The number of pyridine rings is 2. The van der Waals surface area contributed by atoms with Gasteiger partial charge in [-0.2, -0.15) is 10.4 Å². The fourth-order valence-corrected chi connectivity index (χ4v) is 3.46. The maximum atomic E-state index is 13.2. The first-order valence-electron chi connectivity index (χ1n) is 8.70. The third kappa shape index (κ3) is 3.24. The van der Waals surface area contributed by atoms with Crippen molar-refractivity contribution in [3.05, 3.63) is 41.3 Å². The molecule has 0 unspecified atom stereocenters. The van der Waals surface area contributed by atoms with Crippen molar-refractivity contribution in [2.24, 2.45) is 13.0 Å². The number of aromatic nitrogens is 4. The molecule has 0 atom stereocenters.